The minimum Gasteiger partial charge on any atom is -0.476 e. The molecule has 1 amide bonds. The zero-order chi connectivity index (χ0) is 19.0. The van der Waals surface area contributed by atoms with Crippen LogP contribution in [0.3, 0.4) is 0 Å². The van der Waals surface area contributed by atoms with E-state index in [1.165, 1.54) is 10.7 Å². The maximum Gasteiger partial charge on any atom is 0.356 e. The standard InChI is InChI=1S/C17H14ClN5O4/c18-11-3-1-10(2-4-11)15-19-14(27-21-15)5-6-22-7-8-23-13(16(22)24)9-12(20-23)17(25)26/h1-4,9H,5-8H2,(H,25,26). The largest absolute Gasteiger partial charge is 0.476 e. The molecule has 9 nitrogen and oxygen atoms in total. The van der Waals surface area contributed by atoms with Crippen LogP contribution in [0.25, 0.3) is 11.4 Å². The van der Waals surface area contributed by atoms with Crippen molar-refractivity contribution in [2.24, 2.45) is 0 Å². The number of amides is 1. The number of hydrogen-bond donors (Lipinski definition) is 1. The van der Waals surface area contributed by atoms with Gasteiger partial charge < -0.3 is 14.5 Å². The number of nitrogens with zero attached hydrogens (tertiary/aromatic N) is 5. The van der Waals surface area contributed by atoms with Gasteiger partial charge in [0.2, 0.25) is 11.7 Å². The van der Waals surface area contributed by atoms with Crippen molar-refractivity contribution in [1.82, 2.24) is 24.8 Å². The Morgan fingerprint density at radius 3 is 2.78 bits per heavy atom. The second-order valence-corrected chi connectivity index (χ2v) is 6.44. The number of fused-ring (bicyclic) bond motifs is 1. The van der Waals surface area contributed by atoms with E-state index in [-0.39, 0.29) is 17.3 Å². The Balaban J connectivity index is 1.42. The molecule has 1 aliphatic rings. The normalized spacial score (nSPS) is 13.7. The second-order valence-electron chi connectivity index (χ2n) is 6.00. The van der Waals surface area contributed by atoms with Crippen LogP contribution in [-0.2, 0) is 13.0 Å². The first-order chi connectivity index (χ1) is 13.0. The zero-order valence-electron chi connectivity index (χ0n) is 14.0. The summed E-state index contributed by atoms with van der Waals surface area (Å²) in [7, 11) is 0. The number of carbonyl (C=O) groups excluding carboxylic acids is 1. The molecule has 0 aliphatic carbocycles. The molecular formula is C17H14ClN5O4. The Kier molecular flexibility index (Phi) is 4.36. The fourth-order valence-electron chi connectivity index (χ4n) is 2.86. The molecule has 1 aliphatic heterocycles. The first-order valence-corrected chi connectivity index (χ1v) is 8.58. The maximum absolute atomic E-state index is 12.5. The summed E-state index contributed by atoms with van der Waals surface area (Å²) in [5.74, 6) is -0.551. The summed E-state index contributed by atoms with van der Waals surface area (Å²) < 4.78 is 6.68. The lowest BCUT2D eigenvalue weighted by atomic mass is 10.2. The first-order valence-electron chi connectivity index (χ1n) is 8.20. The number of aromatic nitrogens is 4. The molecule has 1 aromatic carbocycles. The first kappa shape index (κ1) is 17.2. The number of carboxylic acid groups (broad SMARTS) is 1. The van der Waals surface area contributed by atoms with Crippen molar-refractivity contribution in [1.29, 1.82) is 0 Å². The fraction of sp³-hybridized carbons (Fsp3) is 0.235. The van der Waals surface area contributed by atoms with Crippen LogP contribution < -0.4 is 0 Å². The molecule has 0 bridgehead atoms. The second kappa shape index (κ2) is 6.84. The lowest BCUT2D eigenvalue weighted by molar-refractivity contribution is 0.0676. The van der Waals surface area contributed by atoms with Crippen LogP contribution in [0.4, 0.5) is 0 Å². The van der Waals surface area contributed by atoms with E-state index in [1.54, 1.807) is 29.2 Å². The fourth-order valence-corrected chi connectivity index (χ4v) is 2.99. The van der Waals surface area contributed by atoms with Crippen molar-refractivity contribution < 1.29 is 19.2 Å². The quantitative estimate of drug-likeness (QED) is 0.711. The van der Waals surface area contributed by atoms with Gasteiger partial charge in [0.25, 0.3) is 5.91 Å². The summed E-state index contributed by atoms with van der Waals surface area (Å²) in [4.78, 5) is 29.5. The number of carboxylic acids is 1. The SMILES string of the molecule is O=C(O)c1cc2n(n1)CCN(CCc1nc(-c3ccc(Cl)cc3)no1)C2=O. The summed E-state index contributed by atoms with van der Waals surface area (Å²) >= 11 is 5.87. The topological polar surface area (TPSA) is 114 Å². The third kappa shape index (κ3) is 3.41. The highest BCUT2D eigenvalue weighted by atomic mass is 35.5. The van der Waals surface area contributed by atoms with Gasteiger partial charge in [-0.25, -0.2) is 4.79 Å². The monoisotopic (exact) mass is 387 g/mol. The smallest absolute Gasteiger partial charge is 0.356 e. The van der Waals surface area contributed by atoms with Crippen LogP contribution in [-0.4, -0.2) is 54.9 Å². The molecule has 10 heteroatoms. The molecular weight excluding hydrogens is 374 g/mol. The van der Waals surface area contributed by atoms with E-state index in [2.05, 4.69) is 15.2 Å². The highest BCUT2D eigenvalue weighted by Gasteiger charge is 2.28. The van der Waals surface area contributed by atoms with Crippen LogP contribution in [0.2, 0.25) is 5.02 Å². The van der Waals surface area contributed by atoms with Crippen molar-refractivity contribution in [3.05, 3.63) is 52.6 Å². The summed E-state index contributed by atoms with van der Waals surface area (Å²) in [5.41, 5.74) is 0.921. The third-order valence-corrected chi connectivity index (χ3v) is 4.51. The van der Waals surface area contributed by atoms with Crippen LogP contribution in [0.1, 0.15) is 26.9 Å². The highest BCUT2D eigenvalue weighted by Crippen LogP contribution is 2.19. The molecule has 0 saturated carbocycles. The average Bonchev–Trinajstić information content (AvgIpc) is 3.29. The Bertz CT molecular complexity index is 1010. The van der Waals surface area contributed by atoms with Gasteiger partial charge in [-0.2, -0.15) is 10.1 Å². The van der Waals surface area contributed by atoms with E-state index in [4.69, 9.17) is 21.2 Å². The molecule has 0 radical (unpaired) electrons. The van der Waals surface area contributed by atoms with Crippen LogP contribution >= 0.6 is 11.6 Å². The Labute approximate surface area is 158 Å². The van der Waals surface area contributed by atoms with E-state index < -0.39 is 5.97 Å². The van der Waals surface area contributed by atoms with Gasteiger partial charge in [0.05, 0.1) is 6.54 Å². The summed E-state index contributed by atoms with van der Waals surface area (Å²) in [6.07, 6.45) is 0.395. The number of benzene rings is 1. The van der Waals surface area contributed by atoms with E-state index >= 15 is 0 Å². The van der Waals surface area contributed by atoms with Gasteiger partial charge >= 0.3 is 5.97 Å². The minimum absolute atomic E-state index is 0.135. The van der Waals surface area contributed by atoms with Gasteiger partial charge in [0, 0.05) is 36.2 Å². The van der Waals surface area contributed by atoms with Crippen LogP contribution in [0.15, 0.2) is 34.9 Å². The molecule has 0 spiro atoms. The van der Waals surface area contributed by atoms with E-state index in [9.17, 15) is 9.59 Å². The zero-order valence-corrected chi connectivity index (χ0v) is 14.8. The maximum atomic E-state index is 12.5. The molecule has 4 rings (SSSR count). The molecule has 138 valence electrons. The summed E-state index contributed by atoms with van der Waals surface area (Å²) in [6, 6.07) is 8.38. The predicted molar refractivity (Wildman–Crippen MR) is 93.5 cm³/mol. The van der Waals surface area contributed by atoms with Crippen molar-refractivity contribution >= 4 is 23.5 Å². The molecule has 1 N–H and O–H groups in total. The summed E-state index contributed by atoms with van der Waals surface area (Å²) in [6.45, 7) is 1.26. The minimum atomic E-state index is -1.16. The van der Waals surface area contributed by atoms with Crippen LogP contribution in [0, 0.1) is 0 Å². The average molecular weight is 388 g/mol. The van der Waals surface area contributed by atoms with Gasteiger partial charge in [0.15, 0.2) is 5.69 Å². The number of aromatic carboxylic acids is 1. The van der Waals surface area contributed by atoms with E-state index in [0.29, 0.717) is 42.8 Å². The van der Waals surface area contributed by atoms with Crippen molar-refractivity contribution in [2.75, 3.05) is 13.1 Å². The lowest BCUT2D eigenvalue weighted by Crippen LogP contribution is -2.41. The van der Waals surface area contributed by atoms with Gasteiger partial charge in [-0.15, -0.1) is 0 Å². The lowest BCUT2D eigenvalue weighted by Gasteiger charge is -2.26. The van der Waals surface area contributed by atoms with Gasteiger partial charge in [0.1, 0.15) is 5.69 Å². The van der Waals surface area contributed by atoms with Crippen LogP contribution in [0.5, 0.6) is 0 Å². The number of halogens is 1. The van der Waals surface area contributed by atoms with E-state index in [1.807, 2.05) is 0 Å². The molecule has 0 atom stereocenters. The molecule has 3 heterocycles. The van der Waals surface area contributed by atoms with Crippen molar-refractivity contribution in [3.8, 4) is 11.4 Å². The van der Waals surface area contributed by atoms with E-state index in [0.717, 1.165) is 5.56 Å². The Morgan fingerprint density at radius 2 is 2.04 bits per heavy atom. The molecule has 0 saturated heterocycles. The highest BCUT2D eigenvalue weighted by molar-refractivity contribution is 6.30. The van der Waals surface area contributed by atoms with Gasteiger partial charge in [-0.05, 0) is 24.3 Å². The number of hydrogen-bond acceptors (Lipinski definition) is 6. The van der Waals surface area contributed by atoms with Gasteiger partial charge in [-0.3, -0.25) is 9.48 Å². The Morgan fingerprint density at radius 1 is 1.26 bits per heavy atom. The predicted octanol–water partition coefficient (Wildman–Crippen LogP) is 1.98. The molecule has 3 aromatic rings. The molecule has 27 heavy (non-hydrogen) atoms. The van der Waals surface area contributed by atoms with Crippen molar-refractivity contribution in [2.45, 2.75) is 13.0 Å². The van der Waals surface area contributed by atoms with Crippen molar-refractivity contribution in [3.63, 3.8) is 0 Å². The number of carbonyl (C=O) groups is 2. The number of rotatable bonds is 5. The third-order valence-electron chi connectivity index (χ3n) is 4.25. The molecule has 0 fully saturated rings. The van der Waals surface area contributed by atoms with Gasteiger partial charge in [-0.1, -0.05) is 16.8 Å². The molecule has 0 unspecified atom stereocenters. The Hall–Kier alpha value is -3.20. The summed E-state index contributed by atoms with van der Waals surface area (Å²) in [5, 5.41) is 17.5. The molecule has 2 aromatic heterocycles.